The number of aryl methyl sites for hydroxylation is 1. The zero-order valence-corrected chi connectivity index (χ0v) is 6.84. The number of nitrogens with zero attached hydrogens (tertiary/aromatic N) is 1. The van der Waals surface area contributed by atoms with Crippen LogP contribution in [-0.4, -0.2) is 4.92 Å². The molecule has 0 radical (unpaired) electrons. The van der Waals surface area contributed by atoms with Gasteiger partial charge in [0.1, 0.15) is 0 Å². The fourth-order valence-corrected chi connectivity index (χ4v) is 0.918. The zero-order valence-electron chi connectivity index (χ0n) is 5.94. The van der Waals surface area contributed by atoms with Crippen molar-refractivity contribution >= 4 is 18.3 Å². The zero-order chi connectivity index (χ0) is 8.43. The van der Waals surface area contributed by atoms with Crippen LogP contribution in [0.5, 0.6) is 0 Å². The second-order valence-electron chi connectivity index (χ2n) is 2.23. The predicted octanol–water partition coefficient (Wildman–Crippen LogP) is 2.19. The van der Waals surface area contributed by atoms with E-state index in [9.17, 15) is 10.1 Å². The first-order chi connectivity index (χ1) is 5.11. The van der Waals surface area contributed by atoms with Gasteiger partial charge in [0.15, 0.2) is 0 Å². The van der Waals surface area contributed by atoms with Crippen LogP contribution in [0.2, 0.25) is 0 Å². The van der Waals surface area contributed by atoms with Crippen molar-refractivity contribution in [3.8, 4) is 0 Å². The molecule has 0 unspecified atom stereocenters. The molecule has 0 aliphatic rings. The van der Waals surface area contributed by atoms with E-state index in [0.29, 0.717) is 4.90 Å². The first-order valence-electron chi connectivity index (χ1n) is 3.05. The van der Waals surface area contributed by atoms with Crippen LogP contribution in [0.15, 0.2) is 23.1 Å². The molecule has 58 valence electrons. The summed E-state index contributed by atoms with van der Waals surface area (Å²) in [6.07, 6.45) is 0. The largest absolute Gasteiger partial charge is 0.270 e. The fourth-order valence-electron chi connectivity index (χ4n) is 0.711. The molecule has 0 aliphatic heterocycles. The van der Waals surface area contributed by atoms with E-state index in [1.165, 1.54) is 12.1 Å². The molecule has 0 spiro atoms. The summed E-state index contributed by atoms with van der Waals surface area (Å²) >= 11 is 4.06. The van der Waals surface area contributed by atoms with Crippen molar-refractivity contribution in [1.29, 1.82) is 0 Å². The van der Waals surface area contributed by atoms with Crippen molar-refractivity contribution in [3.05, 3.63) is 33.9 Å². The van der Waals surface area contributed by atoms with E-state index >= 15 is 0 Å². The van der Waals surface area contributed by atoms with E-state index in [-0.39, 0.29) is 5.69 Å². The maximum atomic E-state index is 10.2. The lowest BCUT2D eigenvalue weighted by Gasteiger charge is -1.96. The summed E-state index contributed by atoms with van der Waals surface area (Å²) in [5.74, 6) is 0. The third-order valence-electron chi connectivity index (χ3n) is 1.40. The number of hydrogen-bond donors (Lipinski definition) is 1. The molecule has 0 bridgehead atoms. The lowest BCUT2D eigenvalue weighted by atomic mass is 10.2. The van der Waals surface area contributed by atoms with E-state index in [0.717, 1.165) is 5.56 Å². The maximum Gasteiger partial charge on any atom is 0.270 e. The van der Waals surface area contributed by atoms with Gasteiger partial charge < -0.3 is 0 Å². The quantitative estimate of drug-likeness (QED) is 0.398. The summed E-state index contributed by atoms with van der Waals surface area (Å²) in [5, 5.41) is 10.2. The Morgan fingerprint density at radius 2 is 2.18 bits per heavy atom. The van der Waals surface area contributed by atoms with Crippen LogP contribution in [0.4, 0.5) is 5.69 Å². The average Bonchev–Trinajstić information content (AvgIpc) is 1.94. The lowest BCUT2D eigenvalue weighted by Crippen LogP contribution is -1.87. The SMILES string of the molecule is Cc1ccc([N+](=O)[O-])cc1S. The Kier molecular flexibility index (Phi) is 2.14. The molecule has 1 aromatic carbocycles. The molecule has 11 heavy (non-hydrogen) atoms. The van der Waals surface area contributed by atoms with E-state index in [4.69, 9.17) is 0 Å². The van der Waals surface area contributed by atoms with Crippen molar-refractivity contribution in [3.63, 3.8) is 0 Å². The van der Waals surface area contributed by atoms with Crippen LogP contribution >= 0.6 is 12.6 Å². The van der Waals surface area contributed by atoms with Crippen LogP contribution in [0.1, 0.15) is 5.56 Å². The Hall–Kier alpha value is -1.03. The van der Waals surface area contributed by atoms with Crippen molar-refractivity contribution in [2.45, 2.75) is 11.8 Å². The van der Waals surface area contributed by atoms with Crippen molar-refractivity contribution < 1.29 is 4.92 Å². The monoisotopic (exact) mass is 169 g/mol. The third kappa shape index (κ3) is 1.71. The molecule has 0 aromatic heterocycles. The van der Waals surface area contributed by atoms with Gasteiger partial charge in [-0.3, -0.25) is 10.1 Å². The number of hydrogen-bond acceptors (Lipinski definition) is 3. The molecule has 0 fully saturated rings. The molecule has 0 atom stereocenters. The first-order valence-corrected chi connectivity index (χ1v) is 3.50. The normalized spacial score (nSPS) is 9.64. The van der Waals surface area contributed by atoms with Crippen LogP contribution in [0.25, 0.3) is 0 Å². The second-order valence-corrected chi connectivity index (χ2v) is 2.71. The van der Waals surface area contributed by atoms with Gasteiger partial charge in [0, 0.05) is 17.0 Å². The number of thiol groups is 1. The molecule has 0 saturated carbocycles. The van der Waals surface area contributed by atoms with Crippen LogP contribution in [-0.2, 0) is 0 Å². The minimum absolute atomic E-state index is 0.0839. The molecular weight excluding hydrogens is 162 g/mol. The first kappa shape index (κ1) is 8.07. The highest BCUT2D eigenvalue weighted by Gasteiger charge is 2.05. The summed E-state index contributed by atoms with van der Waals surface area (Å²) in [6.45, 7) is 1.85. The molecule has 0 amide bonds. The summed E-state index contributed by atoms with van der Waals surface area (Å²) in [4.78, 5) is 10.5. The van der Waals surface area contributed by atoms with Crippen molar-refractivity contribution in [1.82, 2.24) is 0 Å². The maximum absolute atomic E-state index is 10.2. The fraction of sp³-hybridized carbons (Fsp3) is 0.143. The Morgan fingerprint density at radius 1 is 1.55 bits per heavy atom. The number of nitro benzene ring substituents is 1. The van der Waals surface area contributed by atoms with Gasteiger partial charge >= 0.3 is 0 Å². The molecular formula is C7H7NO2S. The number of rotatable bonds is 1. The Morgan fingerprint density at radius 3 is 2.64 bits per heavy atom. The highest BCUT2D eigenvalue weighted by Crippen LogP contribution is 2.19. The smallest absolute Gasteiger partial charge is 0.258 e. The number of nitro groups is 1. The Balaban J connectivity index is 3.15. The molecule has 1 aromatic rings. The summed E-state index contributed by atoms with van der Waals surface area (Å²) in [7, 11) is 0. The number of benzene rings is 1. The van der Waals surface area contributed by atoms with Gasteiger partial charge in [0.05, 0.1) is 4.92 Å². The summed E-state index contributed by atoms with van der Waals surface area (Å²) in [6, 6.07) is 4.59. The van der Waals surface area contributed by atoms with Gasteiger partial charge in [-0.25, -0.2) is 0 Å². The van der Waals surface area contributed by atoms with Crippen LogP contribution < -0.4 is 0 Å². The highest BCUT2D eigenvalue weighted by molar-refractivity contribution is 7.80. The Bertz CT molecular complexity index is 298. The Labute approximate surface area is 69.6 Å². The average molecular weight is 169 g/mol. The van der Waals surface area contributed by atoms with Gasteiger partial charge in [0.2, 0.25) is 0 Å². The van der Waals surface area contributed by atoms with E-state index < -0.39 is 4.92 Å². The van der Waals surface area contributed by atoms with Gasteiger partial charge in [-0.2, -0.15) is 0 Å². The highest BCUT2D eigenvalue weighted by atomic mass is 32.1. The molecule has 0 saturated heterocycles. The van der Waals surface area contributed by atoms with Crippen LogP contribution in [0.3, 0.4) is 0 Å². The molecule has 3 nitrogen and oxygen atoms in total. The molecule has 4 heteroatoms. The van der Waals surface area contributed by atoms with E-state index in [1.807, 2.05) is 6.92 Å². The minimum atomic E-state index is -0.431. The standard InChI is InChI=1S/C7H7NO2S/c1-5-2-3-6(8(9)10)4-7(5)11/h2-4,11H,1H3. The van der Waals surface area contributed by atoms with E-state index in [2.05, 4.69) is 12.6 Å². The third-order valence-corrected chi connectivity index (χ3v) is 1.89. The molecule has 1 rings (SSSR count). The van der Waals surface area contributed by atoms with Gasteiger partial charge in [0.25, 0.3) is 5.69 Å². The van der Waals surface area contributed by atoms with Crippen molar-refractivity contribution in [2.24, 2.45) is 0 Å². The van der Waals surface area contributed by atoms with Crippen LogP contribution in [0, 0.1) is 17.0 Å². The topological polar surface area (TPSA) is 43.1 Å². The lowest BCUT2D eigenvalue weighted by molar-refractivity contribution is -0.385. The minimum Gasteiger partial charge on any atom is -0.258 e. The van der Waals surface area contributed by atoms with E-state index in [1.54, 1.807) is 6.07 Å². The van der Waals surface area contributed by atoms with Gasteiger partial charge in [-0.15, -0.1) is 12.6 Å². The second kappa shape index (κ2) is 2.92. The van der Waals surface area contributed by atoms with Crippen molar-refractivity contribution in [2.75, 3.05) is 0 Å². The predicted molar refractivity (Wildman–Crippen MR) is 45.1 cm³/mol. The van der Waals surface area contributed by atoms with Gasteiger partial charge in [-0.05, 0) is 12.5 Å². The molecule has 0 heterocycles. The van der Waals surface area contributed by atoms with Gasteiger partial charge in [-0.1, -0.05) is 6.07 Å². The summed E-state index contributed by atoms with van der Waals surface area (Å²) in [5.41, 5.74) is 1.03. The number of non-ortho nitro benzene ring substituents is 1. The molecule has 0 N–H and O–H groups in total. The molecule has 0 aliphatic carbocycles. The summed E-state index contributed by atoms with van der Waals surface area (Å²) < 4.78 is 0.